The smallest absolute Gasteiger partial charge is 0.272 e. The Hall–Kier alpha value is -3.02. The van der Waals surface area contributed by atoms with Crippen molar-refractivity contribution in [3.05, 3.63) is 53.1 Å². The molecule has 2 aromatic rings. The Labute approximate surface area is 144 Å². The van der Waals surface area contributed by atoms with E-state index in [1.807, 2.05) is 37.3 Å². The number of amides is 1. The van der Waals surface area contributed by atoms with Crippen LogP contribution in [0, 0.1) is 6.92 Å². The number of hydrogen-bond donors (Lipinski definition) is 1. The maximum atomic E-state index is 12.7. The Kier molecular flexibility index (Phi) is 2.86. The van der Waals surface area contributed by atoms with Gasteiger partial charge in [-0.25, -0.2) is 0 Å². The Bertz CT molecular complexity index is 920. The van der Waals surface area contributed by atoms with E-state index < -0.39 is 5.60 Å². The fraction of sp³-hybridized carbons (Fsp3) is 0.263. The first kappa shape index (κ1) is 14.3. The van der Waals surface area contributed by atoms with Gasteiger partial charge in [0.2, 0.25) is 12.4 Å². The van der Waals surface area contributed by atoms with Crippen molar-refractivity contribution in [1.82, 2.24) is 0 Å². The topological polar surface area (TPSA) is 69.2 Å². The summed E-state index contributed by atoms with van der Waals surface area (Å²) in [7, 11) is 0. The van der Waals surface area contributed by atoms with Gasteiger partial charge in [-0.05, 0) is 24.1 Å². The molecule has 0 fully saturated rings. The van der Waals surface area contributed by atoms with Crippen molar-refractivity contribution in [2.75, 3.05) is 12.1 Å². The van der Waals surface area contributed by atoms with Crippen LogP contribution in [0.25, 0.3) is 0 Å². The number of fused-ring (bicyclic) bond motifs is 2. The monoisotopic (exact) mass is 336 g/mol. The first-order chi connectivity index (χ1) is 12.1. The molecular weight excluding hydrogens is 320 g/mol. The number of carbonyl (C=O) groups excluding carboxylic acids is 1. The highest BCUT2D eigenvalue weighted by molar-refractivity contribution is 6.09. The average Bonchev–Trinajstić information content (AvgIpc) is 3.22. The normalized spacial score (nSPS) is 23.1. The van der Waals surface area contributed by atoms with Crippen LogP contribution in [0.2, 0.25) is 0 Å². The molecule has 2 aromatic carbocycles. The van der Waals surface area contributed by atoms with E-state index in [4.69, 9.17) is 14.3 Å². The molecule has 3 aliphatic heterocycles. The van der Waals surface area contributed by atoms with Crippen molar-refractivity contribution < 1.29 is 19.1 Å². The number of ether oxygens (including phenoxy) is 2. The second kappa shape index (κ2) is 4.99. The van der Waals surface area contributed by atoms with Gasteiger partial charge in [0.25, 0.3) is 5.91 Å². The molecule has 0 radical (unpaired) electrons. The largest absolute Gasteiger partial charge is 0.454 e. The van der Waals surface area contributed by atoms with Crippen molar-refractivity contribution in [3.8, 4) is 11.5 Å². The number of aryl methyl sites for hydroxylation is 1. The lowest BCUT2D eigenvalue weighted by Crippen LogP contribution is -2.48. The minimum Gasteiger partial charge on any atom is -0.454 e. The summed E-state index contributed by atoms with van der Waals surface area (Å²) in [5.41, 5.74) is 3.65. The summed E-state index contributed by atoms with van der Waals surface area (Å²) >= 11 is 0. The first-order valence-electron chi connectivity index (χ1n) is 8.19. The quantitative estimate of drug-likeness (QED) is 0.869. The third-order valence-electron chi connectivity index (χ3n) is 4.90. The lowest BCUT2D eigenvalue weighted by Gasteiger charge is -2.31. The number of carbonyl (C=O) groups is 1. The highest BCUT2D eigenvalue weighted by Gasteiger charge is 2.50. The summed E-state index contributed by atoms with van der Waals surface area (Å²) in [6, 6.07) is 11.8. The zero-order chi connectivity index (χ0) is 17.0. The van der Waals surface area contributed by atoms with E-state index in [1.165, 1.54) is 5.56 Å². The molecule has 3 heterocycles. The Morgan fingerprint density at radius 3 is 2.64 bits per heavy atom. The third-order valence-corrected chi connectivity index (χ3v) is 4.90. The molecular formula is C19H16N2O4. The molecule has 3 aliphatic rings. The second-order valence-electron chi connectivity index (χ2n) is 6.66. The van der Waals surface area contributed by atoms with Gasteiger partial charge in [0.15, 0.2) is 11.5 Å². The van der Waals surface area contributed by atoms with E-state index in [1.54, 1.807) is 6.07 Å². The van der Waals surface area contributed by atoms with E-state index in [0.29, 0.717) is 24.3 Å². The SMILES string of the molecule is Cc1ccc(C2=NOC3(C2)Cc2cc4c(cc2NC3=O)OCO4)cc1. The molecule has 6 heteroatoms. The standard InChI is InChI=1S/C19H16N2O4/c1-11-2-4-12(5-3-11)15-9-19(25-21-15)8-13-6-16-17(24-10-23-16)7-14(13)20-18(19)22/h2-7H,8-10H2,1H3,(H,20,22). The number of rotatable bonds is 1. The minimum atomic E-state index is -0.999. The van der Waals surface area contributed by atoms with Crippen LogP contribution in [0.15, 0.2) is 41.6 Å². The summed E-state index contributed by atoms with van der Waals surface area (Å²) in [5.74, 6) is 1.17. The zero-order valence-electron chi connectivity index (χ0n) is 13.7. The van der Waals surface area contributed by atoms with Crippen LogP contribution in [0.4, 0.5) is 5.69 Å². The van der Waals surface area contributed by atoms with Crippen LogP contribution in [0.1, 0.15) is 23.1 Å². The summed E-state index contributed by atoms with van der Waals surface area (Å²) in [6.45, 7) is 2.24. The summed E-state index contributed by atoms with van der Waals surface area (Å²) < 4.78 is 10.8. The Morgan fingerprint density at radius 2 is 1.84 bits per heavy atom. The molecule has 1 atom stereocenters. The Morgan fingerprint density at radius 1 is 1.08 bits per heavy atom. The first-order valence-corrected chi connectivity index (χ1v) is 8.19. The zero-order valence-corrected chi connectivity index (χ0v) is 13.7. The molecule has 1 amide bonds. The van der Waals surface area contributed by atoms with Gasteiger partial charge in [-0.1, -0.05) is 35.0 Å². The predicted octanol–water partition coefficient (Wildman–Crippen LogP) is 2.78. The van der Waals surface area contributed by atoms with Crippen molar-refractivity contribution in [3.63, 3.8) is 0 Å². The number of benzene rings is 2. The van der Waals surface area contributed by atoms with E-state index in [2.05, 4.69) is 10.5 Å². The Balaban J connectivity index is 1.45. The van der Waals surface area contributed by atoms with Crippen LogP contribution in [-0.4, -0.2) is 24.0 Å². The molecule has 1 spiro atoms. The van der Waals surface area contributed by atoms with Gasteiger partial charge in [0.05, 0.1) is 5.71 Å². The number of nitrogens with zero attached hydrogens (tertiary/aromatic N) is 1. The van der Waals surface area contributed by atoms with Gasteiger partial charge in [-0.2, -0.15) is 0 Å². The number of anilines is 1. The molecule has 126 valence electrons. The van der Waals surface area contributed by atoms with Crippen LogP contribution < -0.4 is 14.8 Å². The number of nitrogens with one attached hydrogen (secondary N) is 1. The maximum absolute atomic E-state index is 12.7. The van der Waals surface area contributed by atoms with Crippen LogP contribution in [0.5, 0.6) is 11.5 Å². The second-order valence-corrected chi connectivity index (χ2v) is 6.66. The summed E-state index contributed by atoms with van der Waals surface area (Å²) in [4.78, 5) is 18.4. The highest BCUT2D eigenvalue weighted by Crippen LogP contribution is 2.43. The molecule has 5 rings (SSSR count). The number of oxime groups is 1. The highest BCUT2D eigenvalue weighted by atomic mass is 16.7. The molecule has 0 saturated carbocycles. The van der Waals surface area contributed by atoms with Crippen molar-refractivity contribution in [2.24, 2.45) is 5.16 Å². The van der Waals surface area contributed by atoms with Gasteiger partial charge in [-0.15, -0.1) is 0 Å². The predicted molar refractivity (Wildman–Crippen MR) is 91.0 cm³/mol. The van der Waals surface area contributed by atoms with Gasteiger partial charge in [0, 0.05) is 24.6 Å². The molecule has 0 aromatic heterocycles. The van der Waals surface area contributed by atoms with E-state index in [-0.39, 0.29) is 12.7 Å². The van der Waals surface area contributed by atoms with E-state index in [0.717, 1.165) is 22.5 Å². The van der Waals surface area contributed by atoms with Crippen molar-refractivity contribution in [1.29, 1.82) is 0 Å². The van der Waals surface area contributed by atoms with Gasteiger partial charge < -0.3 is 19.6 Å². The lowest BCUT2D eigenvalue weighted by molar-refractivity contribution is -0.138. The van der Waals surface area contributed by atoms with Gasteiger partial charge >= 0.3 is 0 Å². The van der Waals surface area contributed by atoms with Crippen LogP contribution in [0.3, 0.4) is 0 Å². The van der Waals surface area contributed by atoms with Crippen molar-refractivity contribution in [2.45, 2.75) is 25.4 Å². The minimum absolute atomic E-state index is 0.176. The van der Waals surface area contributed by atoms with Crippen molar-refractivity contribution >= 4 is 17.3 Å². The van der Waals surface area contributed by atoms with Crippen LogP contribution >= 0.6 is 0 Å². The molecule has 1 unspecified atom stereocenters. The fourth-order valence-corrected chi connectivity index (χ4v) is 3.47. The van der Waals surface area contributed by atoms with Gasteiger partial charge in [0.1, 0.15) is 0 Å². The molecule has 0 saturated heterocycles. The summed E-state index contributed by atoms with van der Waals surface area (Å²) in [6.07, 6.45) is 0.888. The average molecular weight is 336 g/mol. The molecule has 0 bridgehead atoms. The van der Waals surface area contributed by atoms with Crippen LogP contribution in [-0.2, 0) is 16.1 Å². The summed E-state index contributed by atoms with van der Waals surface area (Å²) in [5, 5.41) is 7.14. The maximum Gasteiger partial charge on any atom is 0.272 e. The molecule has 25 heavy (non-hydrogen) atoms. The number of hydrogen-bond acceptors (Lipinski definition) is 5. The fourth-order valence-electron chi connectivity index (χ4n) is 3.47. The molecule has 6 nitrogen and oxygen atoms in total. The third kappa shape index (κ3) is 2.17. The molecule has 1 N–H and O–H groups in total. The molecule has 0 aliphatic carbocycles. The lowest BCUT2D eigenvalue weighted by atomic mass is 9.84. The van der Waals surface area contributed by atoms with E-state index >= 15 is 0 Å². The van der Waals surface area contributed by atoms with Gasteiger partial charge in [-0.3, -0.25) is 4.79 Å². The van der Waals surface area contributed by atoms with E-state index in [9.17, 15) is 4.79 Å².